The predicted molar refractivity (Wildman–Crippen MR) is 117 cm³/mol. The van der Waals surface area contributed by atoms with Gasteiger partial charge >= 0.3 is 0 Å². The van der Waals surface area contributed by atoms with Crippen LogP contribution in [0.1, 0.15) is 6.92 Å². The van der Waals surface area contributed by atoms with E-state index >= 15 is 0 Å². The number of benzene rings is 2. The van der Waals surface area contributed by atoms with Crippen LogP contribution in [-0.2, 0) is 9.59 Å². The van der Waals surface area contributed by atoms with Gasteiger partial charge in [0.1, 0.15) is 44.4 Å². The maximum atomic E-state index is 12.8. The van der Waals surface area contributed by atoms with Gasteiger partial charge in [0.05, 0.1) is 28.4 Å². The SMILES string of the molecule is COc1ccc(OC)c(N=NC(C(C)=O)C(=O)Nc2c(OC)ccc(OC)c2Cl)c1Cl. The molecule has 166 valence electrons. The van der Waals surface area contributed by atoms with Crippen molar-refractivity contribution < 1.29 is 28.5 Å². The first-order valence-corrected chi connectivity index (χ1v) is 9.57. The quantitative estimate of drug-likeness (QED) is 0.420. The topological polar surface area (TPSA) is 108 Å². The maximum absolute atomic E-state index is 12.8. The molecular weight excluding hydrogens is 449 g/mol. The summed E-state index contributed by atoms with van der Waals surface area (Å²) in [6, 6.07) is 4.82. The molecule has 1 amide bonds. The van der Waals surface area contributed by atoms with E-state index in [-0.39, 0.29) is 32.9 Å². The minimum absolute atomic E-state index is 0.104. The molecule has 0 radical (unpaired) electrons. The lowest BCUT2D eigenvalue weighted by Crippen LogP contribution is -2.32. The van der Waals surface area contributed by atoms with Gasteiger partial charge in [0.15, 0.2) is 5.78 Å². The van der Waals surface area contributed by atoms with Crippen molar-refractivity contribution in [2.45, 2.75) is 13.0 Å². The van der Waals surface area contributed by atoms with E-state index in [9.17, 15) is 9.59 Å². The second-order valence-electron chi connectivity index (χ2n) is 6.01. The molecule has 0 spiro atoms. The molecule has 0 aromatic heterocycles. The first-order valence-electron chi connectivity index (χ1n) is 8.82. The Morgan fingerprint density at radius 2 is 1.32 bits per heavy atom. The Morgan fingerprint density at radius 1 is 0.839 bits per heavy atom. The summed E-state index contributed by atoms with van der Waals surface area (Å²) in [6.07, 6.45) is 0. The van der Waals surface area contributed by atoms with Crippen molar-refractivity contribution in [1.29, 1.82) is 0 Å². The Hall–Kier alpha value is -3.04. The van der Waals surface area contributed by atoms with E-state index in [2.05, 4.69) is 15.5 Å². The fourth-order valence-corrected chi connectivity index (χ4v) is 3.10. The van der Waals surface area contributed by atoms with Gasteiger partial charge in [-0.15, -0.1) is 5.11 Å². The minimum Gasteiger partial charge on any atom is -0.495 e. The number of anilines is 1. The van der Waals surface area contributed by atoms with Crippen LogP contribution in [0.5, 0.6) is 23.0 Å². The van der Waals surface area contributed by atoms with Crippen molar-refractivity contribution in [3.8, 4) is 23.0 Å². The monoisotopic (exact) mass is 469 g/mol. The second kappa shape index (κ2) is 10.8. The molecule has 0 saturated heterocycles. The number of carbonyl (C=O) groups is 2. The Bertz CT molecular complexity index is 1010. The lowest BCUT2D eigenvalue weighted by atomic mass is 10.2. The summed E-state index contributed by atoms with van der Waals surface area (Å²) in [4.78, 5) is 25.0. The molecule has 2 aromatic carbocycles. The number of nitrogens with zero attached hydrogens (tertiary/aromatic N) is 2. The number of carbonyl (C=O) groups excluding carboxylic acids is 2. The van der Waals surface area contributed by atoms with E-state index < -0.39 is 17.7 Å². The van der Waals surface area contributed by atoms with Crippen LogP contribution < -0.4 is 24.3 Å². The standard InChI is InChI=1S/C20H21Cl2N3O6/c1-10(26)17(24-25-19-14(31-5)9-7-12(29-3)16(19)22)20(27)23-18-13(30-4)8-6-11(28-2)15(18)21/h6-9,17H,1-5H3,(H,23,27). The van der Waals surface area contributed by atoms with Crippen LogP contribution >= 0.6 is 23.2 Å². The molecule has 1 atom stereocenters. The Morgan fingerprint density at radius 3 is 1.84 bits per heavy atom. The van der Waals surface area contributed by atoms with Gasteiger partial charge in [-0.1, -0.05) is 23.2 Å². The number of ether oxygens (including phenoxy) is 4. The van der Waals surface area contributed by atoms with Crippen LogP contribution in [-0.4, -0.2) is 46.2 Å². The Kier molecular flexibility index (Phi) is 8.47. The Balaban J connectivity index is 2.41. The molecule has 0 aliphatic rings. The number of ketones is 1. The lowest BCUT2D eigenvalue weighted by Gasteiger charge is -2.16. The zero-order chi connectivity index (χ0) is 23.1. The van der Waals surface area contributed by atoms with Crippen molar-refractivity contribution in [2.75, 3.05) is 33.8 Å². The number of hydrogen-bond acceptors (Lipinski definition) is 8. The van der Waals surface area contributed by atoms with Crippen molar-refractivity contribution in [2.24, 2.45) is 10.2 Å². The van der Waals surface area contributed by atoms with E-state index in [0.29, 0.717) is 11.5 Å². The second-order valence-corrected chi connectivity index (χ2v) is 6.77. The van der Waals surface area contributed by atoms with Gasteiger partial charge in [0.25, 0.3) is 5.91 Å². The molecule has 2 aromatic rings. The highest BCUT2D eigenvalue weighted by Gasteiger charge is 2.26. The van der Waals surface area contributed by atoms with Gasteiger partial charge in [0.2, 0.25) is 6.04 Å². The van der Waals surface area contributed by atoms with Crippen molar-refractivity contribution in [1.82, 2.24) is 0 Å². The molecule has 9 nitrogen and oxygen atoms in total. The van der Waals surface area contributed by atoms with E-state index in [1.54, 1.807) is 24.3 Å². The molecule has 31 heavy (non-hydrogen) atoms. The highest BCUT2D eigenvalue weighted by Crippen LogP contribution is 2.42. The van der Waals surface area contributed by atoms with Crippen LogP contribution in [0, 0.1) is 0 Å². The molecule has 0 aliphatic heterocycles. The van der Waals surface area contributed by atoms with Gasteiger partial charge in [-0.3, -0.25) is 9.59 Å². The number of methoxy groups -OCH3 is 4. The lowest BCUT2D eigenvalue weighted by molar-refractivity contribution is -0.126. The molecule has 11 heteroatoms. The van der Waals surface area contributed by atoms with Crippen LogP contribution in [0.15, 0.2) is 34.5 Å². The van der Waals surface area contributed by atoms with Crippen LogP contribution in [0.3, 0.4) is 0 Å². The number of azo groups is 1. The molecule has 1 N–H and O–H groups in total. The molecule has 0 heterocycles. The Labute approximate surface area is 189 Å². The van der Waals surface area contributed by atoms with Crippen LogP contribution in [0.2, 0.25) is 10.0 Å². The van der Waals surface area contributed by atoms with E-state index in [0.717, 1.165) is 0 Å². The summed E-state index contributed by atoms with van der Waals surface area (Å²) in [6.45, 7) is 1.21. The fourth-order valence-electron chi connectivity index (χ4n) is 2.55. The summed E-state index contributed by atoms with van der Waals surface area (Å²) in [5, 5.41) is 10.6. The zero-order valence-electron chi connectivity index (χ0n) is 17.5. The number of hydrogen-bond donors (Lipinski definition) is 1. The third-order valence-corrected chi connectivity index (χ3v) is 4.89. The average molecular weight is 470 g/mol. The molecule has 1 unspecified atom stereocenters. The summed E-state index contributed by atoms with van der Waals surface area (Å²) in [5.41, 5.74) is 0.242. The molecule has 0 bridgehead atoms. The smallest absolute Gasteiger partial charge is 0.258 e. The number of halogens is 2. The first kappa shape index (κ1) is 24.2. The van der Waals surface area contributed by atoms with Gasteiger partial charge in [-0.05, 0) is 31.2 Å². The number of amides is 1. The summed E-state index contributed by atoms with van der Waals surface area (Å²) in [5.74, 6) is -0.134. The molecule has 2 rings (SSSR count). The molecule has 0 fully saturated rings. The summed E-state index contributed by atoms with van der Waals surface area (Å²) < 4.78 is 20.7. The largest absolute Gasteiger partial charge is 0.495 e. The van der Waals surface area contributed by atoms with Crippen molar-refractivity contribution in [3.05, 3.63) is 34.3 Å². The van der Waals surface area contributed by atoms with Crippen LogP contribution in [0.4, 0.5) is 11.4 Å². The third kappa shape index (κ3) is 5.36. The molecule has 0 saturated carbocycles. The van der Waals surface area contributed by atoms with Crippen LogP contribution in [0.25, 0.3) is 0 Å². The highest BCUT2D eigenvalue weighted by molar-refractivity contribution is 6.36. The van der Waals surface area contributed by atoms with E-state index in [4.69, 9.17) is 42.1 Å². The minimum atomic E-state index is -1.49. The highest BCUT2D eigenvalue weighted by atomic mass is 35.5. The van der Waals surface area contributed by atoms with Gasteiger partial charge in [-0.2, -0.15) is 5.11 Å². The number of rotatable bonds is 9. The van der Waals surface area contributed by atoms with Crippen molar-refractivity contribution >= 4 is 46.3 Å². The van der Waals surface area contributed by atoms with E-state index in [1.165, 1.54) is 35.4 Å². The molecule has 0 aliphatic carbocycles. The molecular formula is C20H21Cl2N3O6. The van der Waals surface area contributed by atoms with Crippen molar-refractivity contribution in [3.63, 3.8) is 0 Å². The normalized spacial score (nSPS) is 11.7. The third-order valence-electron chi connectivity index (χ3n) is 4.15. The maximum Gasteiger partial charge on any atom is 0.258 e. The fraction of sp³-hybridized carbons (Fsp3) is 0.300. The summed E-state index contributed by atoms with van der Waals surface area (Å²) >= 11 is 12.5. The van der Waals surface area contributed by atoms with Gasteiger partial charge in [-0.25, -0.2) is 0 Å². The van der Waals surface area contributed by atoms with E-state index in [1.807, 2.05) is 0 Å². The number of nitrogens with one attached hydrogen (secondary N) is 1. The number of Topliss-reactive ketones (excluding diaryl/α,β-unsaturated/α-hetero) is 1. The van der Waals surface area contributed by atoms with Gasteiger partial charge < -0.3 is 24.3 Å². The zero-order valence-corrected chi connectivity index (χ0v) is 19.0. The predicted octanol–water partition coefficient (Wildman–Crippen LogP) is 4.71. The average Bonchev–Trinajstić information content (AvgIpc) is 2.75. The summed E-state index contributed by atoms with van der Waals surface area (Å²) in [7, 11) is 5.69. The first-order chi connectivity index (χ1) is 14.8. The van der Waals surface area contributed by atoms with Gasteiger partial charge in [0, 0.05) is 0 Å².